The van der Waals surface area contributed by atoms with Gasteiger partial charge in [0.2, 0.25) is 4.77 Å². The lowest BCUT2D eigenvalue weighted by Gasteiger charge is -2.00. The lowest BCUT2D eigenvalue weighted by molar-refractivity contribution is 0.573. The van der Waals surface area contributed by atoms with Gasteiger partial charge in [-0.15, -0.1) is 0 Å². The first kappa shape index (κ1) is 16.6. The molecule has 2 aromatic heterocycles. The second-order valence-corrected chi connectivity index (χ2v) is 6.01. The number of aromatic nitrogens is 3. The van der Waals surface area contributed by atoms with Gasteiger partial charge in [-0.1, -0.05) is 23.2 Å². The van der Waals surface area contributed by atoms with Crippen LogP contribution in [-0.4, -0.2) is 21.1 Å². The van der Waals surface area contributed by atoms with Crippen molar-refractivity contribution in [1.82, 2.24) is 14.9 Å². The van der Waals surface area contributed by atoms with Crippen LogP contribution in [0.1, 0.15) is 11.5 Å². The standard InChI is InChI=1S/C15H10Cl2N4O2S/c1-8-14(22)21(15(24)20-19-8)18-7-10-3-5-13(23-10)9-2-4-11(16)12(17)6-9/h2-7H,1H3,(H,20,24)/b18-7+. The van der Waals surface area contributed by atoms with Crippen LogP contribution in [0.3, 0.4) is 0 Å². The highest BCUT2D eigenvalue weighted by atomic mass is 35.5. The average Bonchev–Trinajstić information content (AvgIpc) is 3.03. The summed E-state index contributed by atoms with van der Waals surface area (Å²) < 4.78 is 6.81. The summed E-state index contributed by atoms with van der Waals surface area (Å²) in [5, 5.41) is 11.3. The molecule has 1 N–H and O–H groups in total. The molecule has 0 fully saturated rings. The van der Waals surface area contributed by atoms with E-state index in [1.165, 1.54) is 6.21 Å². The van der Waals surface area contributed by atoms with Gasteiger partial charge in [-0.25, -0.2) is 0 Å². The molecule has 0 unspecified atom stereocenters. The van der Waals surface area contributed by atoms with E-state index in [0.717, 1.165) is 10.2 Å². The van der Waals surface area contributed by atoms with Gasteiger partial charge in [-0.3, -0.25) is 9.89 Å². The quantitative estimate of drug-likeness (QED) is 0.548. The second kappa shape index (κ2) is 6.72. The maximum atomic E-state index is 11.9. The minimum Gasteiger partial charge on any atom is -0.455 e. The predicted molar refractivity (Wildman–Crippen MR) is 95.6 cm³/mol. The molecule has 122 valence electrons. The number of halogens is 2. The third-order valence-corrected chi connectivity index (χ3v) is 4.15. The zero-order valence-corrected chi connectivity index (χ0v) is 14.6. The molecule has 0 radical (unpaired) electrons. The van der Waals surface area contributed by atoms with E-state index in [4.69, 9.17) is 39.8 Å². The van der Waals surface area contributed by atoms with Crippen LogP contribution in [0.5, 0.6) is 0 Å². The second-order valence-electron chi connectivity index (χ2n) is 4.81. The number of nitrogens with one attached hydrogen (secondary N) is 1. The summed E-state index contributed by atoms with van der Waals surface area (Å²) in [4.78, 5) is 11.9. The van der Waals surface area contributed by atoms with Crippen molar-refractivity contribution in [2.75, 3.05) is 0 Å². The van der Waals surface area contributed by atoms with E-state index >= 15 is 0 Å². The monoisotopic (exact) mass is 380 g/mol. The fourth-order valence-corrected chi connectivity index (χ4v) is 2.39. The summed E-state index contributed by atoms with van der Waals surface area (Å²) >= 11 is 16.9. The maximum absolute atomic E-state index is 11.9. The molecule has 3 aromatic rings. The Hall–Kier alpha value is -2.22. The molecule has 9 heteroatoms. The van der Waals surface area contributed by atoms with Crippen molar-refractivity contribution in [3.05, 3.63) is 67.0 Å². The van der Waals surface area contributed by atoms with Gasteiger partial charge in [0, 0.05) is 5.56 Å². The van der Waals surface area contributed by atoms with Crippen molar-refractivity contribution < 1.29 is 4.42 Å². The average molecular weight is 381 g/mol. The number of hydrogen-bond acceptors (Lipinski definition) is 5. The summed E-state index contributed by atoms with van der Waals surface area (Å²) in [5.74, 6) is 1.05. The Morgan fingerprint density at radius 3 is 2.83 bits per heavy atom. The number of hydrogen-bond donors (Lipinski definition) is 1. The van der Waals surface area contributed by atoms with E-state index < -0.39 is 5.56 Å². The summed E-state index contributed by atoms with van der Waals surface area (Å²) in [6.45, 7) is 1.56. The largest absolute Gasteiger partial charge is 0.455 e. The summed E-state index contributed by atoms with van der Waals surface area (Å²) in [6.07, 6.45) is 1.39. The fraction of sp³-hybridized carbons (Fsp3) is 0.0667. The zero-order chi connectivity index (χ0) is 17.3. The molecule has 0 spiro atoms. The van der Waals surface area contributed by atoms with Crippen LogP contribution >= 0.6 is 35.4 Å². The van der Waals surface area contributed by atoms with Crippen LogP contribution in [-0.2, 0) is 0 Å². The van der Waals surface area contributed by atoms with Gasteiger partial charge in [0.15, 0.2) is 0 Å². The van der Waals surface area contributed by atoms with Crippen molar-refractivity contribution in [3.63, 3.8) is 0 Å². The van der Waals surface area contributed by atoms with Gasteiger partial charge in [0.05, 0.1) is 16.3 Å². The Morgan fingerprint density at radius 1 is 1.29 bits per heavy atom. The summed E-state index contributed by atoms with van der Waals surface area (Å²) in [5.41, 5.74) is 0.640. The van der Waals surface area contributed by atoms with Crippen molar-refractivity contribution in [2.45, 2.75) is 6.92 Å². The lowest BCUT2D eigenvalue weighted by Crippen LogP contribution is -2.22. The molecule has 6 nitrogen and oxygen atoms in total. The van der Waals surface area contributed by atoms with Crippen molar-refractivity contribution >= 4 is 41.6 Å². The van der Waals surface area contributed by atoms with Crippen LogP contribution in [0.4, 0.5) is 0 Å². The third kappa shape index (κ3) is 3.33. The highest BCUT2D eigenvalue weighted by Gasteiger charge is 2.07. The molecule has 0 atom stereocenters. The molecule has 0 aliphatic carbocycles. The molecular formula is C15H10Cl2N4O2S. The van der Waals surface area contributed by atoms with E-state index in [2.05, 4.69) is 15.3 Å². The van der Waals surface area contributed by atoms with Gasteiger partial charge in [-0.05, 0) is 49.5 Å². The van der Waals surface area contributed by atoms with E-state index in [0.29, 0.717) is 21.6 Å². The maximum Gasteiger partial charge on any atom is 0.296 e. The molecule has 24 heavy (non-hydrogen) atoms. The van der Waals surface area contributed by atoms with Crippen LogP contribution in [0.15, 0.2) is 44.6 Å². The minimum absolute atomic E-state index is 0.0955. The van der Waals surface area contributed by atoms with Crippen molar-refractivity contribution in [1.29, 1.82) is 0 Å². The topological polar surface area (TPSA) is 76.2 Å². The first-order valence-corrected chi connectivity index (χ1v) is 7.90. The number of rotatable bonds is 3. The Morgan fingerprint density at radius 2 is 2.08 bits per heavy atom. The SMILES string of the molecule is Cc1n[nH]c(=S)n(/N=C/c2ccc(-c3ccc(Cl)c(Cl)c3)o2)c1=O. The first-order chi connectivity index (χ1) is 11.5. The van der Waals surface area contributed by atoms with Crippen LogP contribution < -0.4 is 5.56 Å². The molecule has 2 heterocycles. The number of benzene rings is 1. The Labute approximate surface area is 151 Å². The number of nitrogens with zero attached hydrogens (tertiary/aromatic N) is 3. The van der Waals surface area contributed by atoms with Gasteiger partial charge in [0.1, 0.15) is 17.2 Å². The fourth-order valence-electron chi connectivity index (χ4n) is 1.92. The molecule has 0 saturated heterocycles. The minimum atomic E-state index is -0.397. The van der Waals surface area contributed by atoms with E-state index in [9.17, 15) is 4.79 Å². The third-order valence-electron chi connectivity index (χ3n) is 3.14. The number of aromatic amines is 1. The molecule has 3 rings (SSSR count). The van der Waals surface area contributed by atoms with Crippen LogP contribution in [0.2, 0.25) is 10.0 Å². The van der Waals surface area contributed by atoms with Gasteiger partial charge >= 0.3 is 0 Å². The van der Waals surface area contributed by atoms with E-state index in [1.54, 1.807) is 37.3 Å². The van der Waals surface area contributed by atoms with Crippen molar-refractivity contribution in [3.8, 4) is 11.3 Å². The highest BCUT2D eigenvalue weighted by molar-refractivity contribution is 7.71. The summed E-state index contributed by atoms with van der Waals surface area (Å²) in [6, 6.07) is 8.67. The van der Waals surface area contributed by atoms with Gasteiger partial charge in [0.25, 0.3) is 5.56 Å². The Bertz CT molecular complexity index is 1050. The summed E-state index contributed by atoms with van der Waals surface area (Å²) in [7, 11) is 0. The van der Waals surface area contributed by atoms with Crippen LogP contribution in [0.25, 0.3) is 11.3 Å². The molecule has 0 aliphatic rings. The smallest absolute Gasteiger partial charge is 0.296 e. The predicted octanol–water partition coefficient (Wildman–Crippen LogP) is 4.06. The molecule has 0 aliphatic heterocycles. The van der Waals surface area contributed by atoms with Gasteiger partial charge in [-0.2, -0.15) is 14.9 Å². The van der Waals surface area contributed by atoms with E-state index in [-0.39, 0.29) is 10.5 Å². The molecule has 1 aromatic carbocycles. The van der Waals surface area contributed by atoms with Gasteiger partial charge < -0.3 is 4.42 Å². The Kier molecular flexibility index (Phi) is 4.66. The zero-order valence-electron chi connectivity index (χ0n) is 12.3. The Balaban J connectivity index is 1.92. The highest BCUT2D eigenvalue weighted by Crippen LogP contribution is 2.29. The number of aryl methyl sites for hydroxylation is 1. The number of furan rings is 1. The van der Waals surface area contributed by atoms with E-state index in [1.807, 2.05) is 0 Å². The molecular weight excluding hydrogens is 371 g/mol. The van der Waals surface area contributed by atoms with Crippen molar-refractivity contribution in [2.24, 2.45) is 5.10 Å². The molecule has 0 saturated carbocycles. The first-order valence-electron chi connectivity index (χ1n) is 6.73. The van der Waals surface area contributed by atoms with Crippen LogP contribution in [0, 0.1) is 11.7 Å². The molecule has 0 bridgehead atoms. The number of H-pyrrole nitrogens is 1. The molecule has 0 amide bonds. The normalized spacial score (nSPS) is 11.3. The lowest BCUT2D eigenvalue weighted by atomic mass is 10.2.